The number of H-pyrrole nitrogens is 2. The minimum Gasteiger partial charge on any atom is -0.381 e. The van der Waals surface area contributed by atoms with Crippen LogP contribution >= 0.6 is 0 Å². The number of hydrogen-bond acceptors (Lipinski definition) is 4. The van der Waals surface area contributed by atoms with E-state index in [1.54, 1.807) is 0 Å². The van der Waals surface area contributed by atoms with Gasteiger partial charge in [-0.2, -0.15) is 13.2 Å². The van der Waals surface area contributed by atoms with Crippen molar-refractivity contribution in [3.05, 3.63) is 70.9 Å². The summed E-state index contributed by atoms with van der Waals surface area (Å²) in [5.74, 6) is -1.19. The molecule has 0 amide bonds. The van der Waals surface area contributed by atoms with E-state index >= 15 is 4.39 Å². The number of nitrogens with one attached hydrogen (secondary N) is 2. The van der Waals surface area contributed by atoms with Crippen LogP contribution in [-0.2, 0) is 10.9 Å². The molecule has 5 rings (SSSR count). The Morgan fingerprint density at radius 1 is 1.21 bits per heavy atom. The van der Waals surface area contributed by atoms with E-state index < -0.39 is 28.9 Å². The first-order valence-electron chi connectivity index (χ1n) is 10.3. The number of pyridine rings is 1. The highest BCUT2D eigenvalue weighted by Gasteiger charge is 2.35. The topological polar surface area (TPSA) is 83.7 Å². The largest absolute Gasteiger partial charge is 0.417 e. The van der Waals surface area contributed by atoms with Crippen molar-refractivity contribution in [3.63, 3.8) is 0 Å². The molecule has 1 aromatic carbocycles. The molecule has 1 saturated heterocycles. The van der Waals surface area contributed by atoms with Crippen molar-refractivity contribution in [3.8, 4) is 11.5 Å². The Bertz CT molecular complexity index is 1340. The lowest BCUT2D eigenvalue weighted by molar-refractivity contribution is -0.137. The van der Waals surface area contributed by atoms with Crippen LogP contribution in [0.4, 0.5) is 17.6 Å². The van der Waals surface area contributed by atoms with Crippen molar-refractivity contribution in [1.82, 2.24) is 19.9 Å². The summed E-state index contributed by atoms with van der Waals surface area (Å²) in [6.45, 7) is 1.05. The molecule has 10 heteroatoms. The van der Waals surface area contributed by atoms with Crippen molar-refractivity contribution in [2.24, 2.45) is 0 Å². The van der Waals surface area contributed by atoms with E-state index in [0.717, 1.165) is 25.0 Å². The molecule has 0 saturated carbocycles. The minimum absolute atomic E-state index is 0.0285. The Morgan fingerprint density at radius 2 is 2.03 bits per heavy atom. The molecule has 0 spiro atoms. The van der Waals surface area contributed by atoms with E-state index in [2.05, 4.69) is 19.9 Å². The van der Waals surface area contributed by atoms with Gasteiger partial charge in [0.25, 0.3) is 0 Å². The number of aromatic amines is 2. The first kappa shape index (κ1) is 21.3. The van der Waals surface area contributed by atoms with Crippen LogP contribution in [0.25, 0.3) is 22.6 Å². The second kappa shape index (κ2) is 8.11. The standard InChI is InChI=1S/C23H18F4N4O2/c24-18-19(12-4-3-7-33-11-12)29-10-17-20(18)31-22(30-17)16-8-13(9-28-16)21(32)14-5-1-2-6-15(14)23(25,26)27/h1-2,5-6,8-10,12,28H,3-4,7,11H2,(H,30,31)/t12-/m1/s1. The molecule has 1 atom stereocenters. The monoisotopic (exact) mass is 458 g/mol. The summed E-state index contributed by atoms with van der Waals surface area (Å²) in [6, 6.07) is 5.99. The maximum atomic E-state index is 15.1. The molecule has 4 heterocycles. The average molecular weight is 458 g/mol. The fourth-order valence-corrected chi connectivity index (χ4v) is 4.08. The highest BCUT2D eigenvalue weighted by atomic mass is 19.4. The fourth-order valence-electron chi connectivity index (χ4n) is 4.08. The van der Waals surface area contributed by atoms with E-state index in [-0.39, 0.29) is 22.8 Å². The summed E-state index contributed by atoms with van der Waals surface area (Å²) in [5, 5.41) is 0. The van der Waals surface area contributed by atoms with Crippen LogP contribution < -0.4 is 0 Å². The number of benzene rings is 1. The SMILES string of the molecule is O=C(c1c[nH]c(-c2nc3cnc([C@@H]4CCCOC4)c(F)c3[nH]2)c1)c1ccccc1C(F)(F)F. The molecule has 2 N–H and O–H groups in total. The Kier molecular flexibility index (Phi) is 5.24. The lowest BCUT2D eigenvalue weighted by Crippen LogP contribution is -2.17. The van der Waals surface area contributed by atoms with Gasteiger partial charge in [0.05, 0.1) is 29.8 Å². The van der Waals surface area contributed by atoms with Gasteiger partial charge >= 0.3 is 6.18 Å². The summed E-state index contributed by atoms with van der Waals surface area (Å²) in [4.78, 5) is 27.1. The number of carbonyl (C=O) groups is 1. The summed E-state index contributed by atoms with van der Waals surface area (Å²) < 4.78 is 60.4. The predicted molar refractivity (Wildman–Crippen MR) is 111 cm³/mol. The Balaban J connectivity index is 1.47. The van der Waals surface area contributed by atoms with Crippen LogP contribution in [0.5, 0.6) is 0 Å². The highest BCUT2D eigenvalue weighted by molar-refractivity contribution is 6.10. The molecule has 1 aliphatic heterocycles. The number of imidazole rings is 1. The highest BCUT2D eigenvalue weighted by Crippen LogP contribution is 2.34. The maximum absolute atomic E-state index is 15.1. The number of carbonyl (C=O) groups excluding carboxylic acids is 1. The number of halogens is 4. The molecule has 170 valence electrons. The van der Waals surface area contributed by atoms with Gasteiger partial charge < -0.3 is 14.7 Å². The molecule has 0 aliphatic carbocycles. The molecule has 3 aromatic heterocycles. The lowest BCUT2D eigenvalue weighted by atomic mass is 9.97. The van der Waals surface area contributed by atoms with Crippen LogP contribution in [0, 0.1) is 5.82 Å². The molecule has 4 aromatic rings. The van der Waals surface area contributed by atoms with Gasteiger partial charge in [0.15, 0.2) is 17.4 Å². The molecular formula is C23H18F4N4O2. The summed E-state index contributed by atoms with van der Waals surface area (Å²) in [5.41, 5.74) is -0.313. The summed E-state index contributed by atoms with van der Waals surface area (Å²) >= 11 is 0. The third-order valence-electron chi connectivity index (χ3n) is 5.73. The lowest BCUT2D eigenvalue weighted by Gasteiger charge is -2.21. The van der Waals surface area contributed by atoms with Crippen LogP contribution in [0.1, 0.15) is 45.9 Å². The van der Waals surface area contributed by atoms with Crippen molar-refractivity contribution >= 4 is 16.8 Å². The van der Waals surface area contributed by atoms with Crippen LogP contribution in [-0.4, -0.2) is 38.9 Å². The summed E-state index contributed by atoms with van der Waals surface area (Å²) in [6.07, 6.45) is -0.281. The van der Waals surface area contributed by atoms with Gasteiger partial charge in [-0.3, -0.25) is 9.78 Å². The maximum Gasteiger partial charge on any atom is 0.417 e. The van der Waals surface area contributed by atoms with E-state index in [1.165, 1.54) is 30.6 Å². The normalized spacial score (nSPS) is 16.9. The number of ketones is 1. The molecule has 0 radical (unpaired) electrons. The van der Waals surface area contributed by atoms with E-state index in [4.69, 9.17) is 4.74 Å². The zero-order chi connectivity index (χ0) is 23.2. The first-order valence-corrected chi connectivity index (χ1v) is 10.3. The molecule has 1 aliphatic rings. The number of hydrogen-bond donors (Lipinski definition) is 2. The van der Waals surface area contributed by atoms with Gasteiger partial charge in [-0.1, -0.05) is 18.2 Å². The number of ether oxygens (including phenoxy) is 1. The zero-order valence-corrected chi connectivity index (χ0v) is 17.2. The van der Waals surface area contributed by atoms with Crippen LogP contribution in [0.2, 0.25) is 0 Å². The van der Waals surface area contributed by atoms with E-state index in [0.29, 0.717) is 30.1 Å². The quantitative estimate of drug-likeness (QED) is 0.324. The Labute approximate surface area is 185 Å². The van der Waals surface area contributed by atoms with Gasteiger partial charge in [-0.25, -0.2) is 9.37 Å². The molecular weight excluding hydrogens is 440 g/mol. The molecule has 0 unspecified atom stereocenters. The average Bonchev–Trinajstić information content (AvgIpc) is 3.47. The van der Waals surface area contributed by atoms with Gasteiger partial charge in [-0.15, -0.1) is 0 Å². The molecule has 33 heavy (non-hydrogen) atoms. The fraction of sp³-hybridized carbons (Fsp3) is 0.261. The second-order valence-corrected chi connectivity index (χ2v) is 7.89. The third kappa shape index (κ3) is 3.91. The Morgan fingerprint density at radius 3 is 2.79 bits per heavy atom. The van der Waals surface area contributed by atoms with E-state index in [1.807, 2.05) is 0 Å². The smallest absolute Gasteiger partial charge is 0.381 e. The molecule has 1 fully saturated rings. The van der Waals surface area contributed by atoms with Gasteiger partial charge in [0.2, 0.25) is 0 Å². The predicted octanol–water partition coefficient (Wildman–Crippen LogP) is 5.24. The minimum atomic E-state index is -4.66. The number of rotatable bonds is 4. The van der Waals surface area contributed by atoms with E-state index in [9.17, 15) is 18.0 Å². The molecule has 0 bridgehead atoms. The van der Waals surface area contributed by atoms with Crippen molar-refractivity contribution in [1.29, 1.82) is 0 Å². The summed E-state index contributed by atoms with van der Waals surface area (Å²) in [7, 11) is 0. The Hall–Kier alpha value is -3.53. The zero-order valence-electron chi connectivity index (χ0n) is 17.2. The van der Waals surface area contributed by atoms with Crippen LogP contribution in [0.3, 0.4) is 0 Å². The van der Waals surface area contributed by atoms with Crippen molar-refractivity contribution in [2.45, 2.75) is 24.9 Å². The number of nitrogens with zero attached hydrogens (tertiary/aromatic N) is 2. The van der Waals surface area contributed by atoms with Crippen LogP contribution in [0.15, 0.2) is 42.7 Å². The second-order valence-electron chi connectivity index (χ2n) is 7.89. The first-order chi connectivity index (χ1) is 15.8. The number of fused-ring (bicyclic) bond motifs is 1. The van der Waals surface area contributed by atoms with Crippen molar-refractivity contribution < 1.29 is 27.1 Å². The van der Waals surface area contributed by atoms with Gasteiger partial charge in [0.1, 0.15) is 11.0 Å². The van der Waals surface area contributed by atoms with Crippen molar-refractivity contribution in [2.75, 3.05) is 13.2 Å². The molecule has 6 nitrogen and oxygen atoms in total. The van der Waals surface area contributed by atoms with Gasteiger partial charge in [0, 0.05) is 29.8 Å². The number of aromatic nitrogens is 4. The number of alkyl halides is 3. The van der Waals surface area contributed by atoms with Gasteiger partial charge in [-0.05, 0) is 25.0 Å². The third-order valence-corrected chi connectivity index (χ3v) is 5.73.